The van der Waals surface area contributed by atoms with Gasteiger partial charge in [-0.05, 0) is 42.7 Å². The van der Waals surface area contributed by atoms with Gasteiger partial charge in [0, 0.05) is 24.3 Å². The van der Waals surface area contributed by atoms with Crippen LogP contribution in [-0.4, -0.2) is 23.7 Å². The quantitative estimate of drug-likeness (QED) is 0.464. The van der Waals surface area contributed by atoms with Gasteiger partial charge in [0.1, 0.15) is 17.4 Å². The third kappa shape index (κ3) is 4.75. The maximum absolute atomic E-state index is 13.5. The summed E-state index contributed by atoms with van der Waals surface area (Å²) in [6, 6.07) is 9.81. The second kappa shape index (κ2) is 8.97. The lowest BCUT2D eigenvalue weighted by atomic mass is 10.0. The van der Waals surface area contributed by atoms with Crippen LogP contribution in [0.25, 0.3) is 0 Å². The molecule has 1 heterocycles. The maximum Gasteiger partial charge on any atom is 0.269 e. The average Bonchev–Trinajstić information content (AvgIpc) is 3.14. The molecule has 4 nitrogen and oxygen atoms in total. The molecule has 0 N–H and O–H groups in total. The van der Waals surface area contributed by atoms with Crippen molar-refractivity contribution in [1.29, 1.82) is 0 Å². The van der Waals surface area contributed by atoms with Gasteiger partial charge in [0.2, 0.25) is 0 Å². The van der Waals surface area contributed by atoms with Gasteiger partial charge < -0.3 is 4.74 Å². The zero-order valence-corrected chi connectivity index (χ0v) is 15.8. The Labute approximate surface area is 167 Å². The Hall–Kier alpha value is -2.73. The van der Waals surface area contributed by atoms with E-state index >= 15 is 0 Å². The third-order valence-electron chi connectivity index (χ3n) is 4.33. The van der Waals surface area contributed by atoms with Crippen LogP contribution in [0.4, 0.5) is 8.78 Å². The number of benzene rings is 2. The largest absolute Gasteiger partial charge is 0.492 e. The van der Waals surface area contributed by atoms with Crippen LogP contribution in [0, 0.1) is 11.6 Å². The standard InChI is InChI=1S/C21H19ClF2N2O2/c1-14(5-4-10-28-20-7-3-2-6-18(20)22)21(27)26-19(8-9-25-26)15-11-16(23)13-17(24)12-15/h2-3,6-7,9,11-13,19H,1,4-5,8,10H2. The number of nitrogens with zero attached hydrogens (tertiary/aromatic N) is 2. The fourth-order valence-corrected chi connectivity index (χ4v) is 3.14. The van der Waals surface area contributed by atoms with Crippen LogP contribution >= 0.6 is 11.6 Å². The summed E-state index contributed by atoms with van der Waals surface area (Å²) in [4.78, 5) is 12.7. The van der Waals surface area contributed by atoms with E-state index in [0.717, 1.165) is 6.07 Å². The number of carbonyl (C=O) groups excluding carboxylic acids is 1. The van der Waals surface area contributed by atoms with Crippen LogP contribution in [0.15, 0.2) is 59.7 Å². The fraction of sp³-hybridized carbons (Fsp3) is 0.238. The molecule has 0 spiro atoms. The Bertz CT molecular complexity index is 897. The predicted molar refractivity (Wildman–Crippen MR) is 104 cm³/mol. The number of rotatable bonds is 7. The van der Waals surface area contributed by atoms with Gasteiger partial charge in [0.15, 0.2) is 0 Å². The number of hydrazone groups is 1. The van der Waals surface area contributed by atoms with Gasteiger partial charge in [-0.1, -0.05) is 30.3 Å². The number of ether oxygens (including phenoxy) is 1. The number of halogens is 3. The summed E-state index contributed by atoms with van der Waals surface area (Å²) in [6.45, 7) is 4.20. The lowest BCUT2D eigenvalue weighted by Crippen LogP contribution is -2.28. The minimum absolute atomic E-state index is 0.351. The van der Waals surface area contributed by atoms with Gasteiger partial charge in [-0.3, -0.25) is 4.79 Å². The second-order valence-corrected chi connectivity index (χ2v) is 6.80. The Morgan fingerprint density at radius 3 is 2.68 bits per heavy atom. The van der Waals surface area contributed by atoms with Crippen molar-refractivity contribution in [1.82, 2.24) is 5.01 Å². The molecule has 1 amide bonds. The average molecular weight is 405 g/mol. The molecule has 3 rings (SSSR count). The zero-order valence-electron chi connectivity index (χ0n) is 15.1. The number of carbonyl (C=O) groups is 1. The van der Waals surface area contributed by atoms with E-state index in [4.69, 9.17) is 16.3 Å². The molecule has 0 aliphatic carbocycles. The van der Waals surface area contributed by atoms with Crippen LogP contribution in [0.3, 0.4) is 0 Å². The predicted octanol–water partition coefficient (Wildman–Crippen LogP) is 5.29. The maximum atomic E-state index is 13.5. The van der Waals surface area contributed by atoms with E-state index in [0.29, 0.717) is 47.8 Å². The van der Waals surface area contributed by atoms with E-state index in [9.17, 15) is 13.6 Å². The molecule has 0 radical (unpaired) electrons. The van der Waals surface area contributed by atoms with Crippen LogP contribution in [0.5, 0.6) is 5.75 Å². The van der Waals surface area contributed by atoms with Gasteiger partial charge in [-0.25, -0.2) is 13.8 Å². The van der Waals surface area contributed by atoms with Gasteiger partial charge in [0.25, 0.3) is 5.91 Å². The van der Waals surface area contributed by atoms with Crippen LogP contribution in [0.2, 0.25) is 5.02 Å². The molecule has 146 valence electrons. The van der Waals surface area contributed by atoms with Crippen LogP contribution < -0.4 is 4.74 Å². The molecule has 1 unspecified atom stereocenters. The molecule has 0 aromatic heterocycles. The highest BCUT2D eigenvalue weighted by molar-refractivity contribution is 6.32. The first-order chi connectivity index (χ1) is 13.5. The summed E-state index contributed by atoms with van der Waals surface area (Å²) in [5, 5.41) is 5.82. The summed E-state index contributed by atoms with van der Waals surface area (Å²) in [7, 11) is 0. The third-order valence-corrected chi connectivity index (χ3v) is 4.64. The van der Waals surface area contributed by atoms with Crippen molar-refractivity contribution < 1.29 is 18.3 Å². The van der Waals surface area contributed by atoms with Gasteiger partial charge in [-0.15, -0.1) is 0 Å². The van der Waals surface area contributed by atoms with Gasteiger partial charge in [-0.2, -0.15) is 5.10 Å². The molecule has 0 saturated carbocycles. The molecule has 0 bridgehead atoms. The molecule has 2 aromatic rings. The number of hydrogen-bond donors (Lipinski definition) is 0. The van der Waals surface area contributed by atoms with E-state index in [2.05, 4.69) is 11.7 Å². The zero-order chi connectivity index (χ0) is 20.1. The van der Waals surface area contributed by atoms with Crippen LogP contribution in [-0.2, 0) is 4.79 Å². The monoisotopic (exact) mass is 404 g/mol. The molecule has 7 heteroatoms. The molecule has 28 heavy (non-hydrogen) atoms. The Kier molecular flexibility index (Phi) is 6.41. The Morgan fingerprint density at radius 2 is 1.96 bits per heavy atom. The topological polar surface area (TPSA) is 41.9 Å². The van der Waals surface area contributed by atoms with E-state index < -0.39 is 17.7 Å². The summed E-state index contributed by atoms with van der Waals surface area (Å²) >= 11 is 6.03. The fourth-order valence-electron chi connectivity index (χ4n) is 2.95. The molecule has 1 aliphatic heterocycles. The van der Waals surface area contributed by atoms with Gasteiger partial charge in [0.05, 0.1) is 17.7 Å². The molecule has 0 saturated heterocycles. The molecule has 0 fully saturated rings. The molecular formula is C21H19ClF2N2O2. The first-order valence-electron chi connectivity index (χ1n) is 8.83. The number of amides is 1. The van der Waals surface area contributed by atoms with Crippen molar-refractivity contribution in [2.24, 2.45) is 5.10 Å². The normalized spacial score (nSPS) is 15.7. The summed E-state index contributed by atoms with van der Waals surface area (Å²) < 4.78 is 32.6. The molecule has 1 atom stereocenters. The Morgan fingerprint density at radius 1 is 1.25 bits per heavy atom. The first kappa shape index (κ1) is 20.0. The molecular weight excluding hydrogens is 386 g/mol. The highest BCUT2D eigenvalue weighted by Gasteiger charge is 2.30. The first-order valence-corrected chi connectivity index (χ1v) is 9.20. The highest BCUT2D eigenvalue weighted by atomic mass is 35.5. The Balaban J connectivity index is 1.55. The van der Waals surface area contributed by atoms with Crippen molar-refractivity contribution in [3.05, 3.63) is 76.8 Å². The number of hydrogen-bond acceptors (Lipinski definition) is 3. The van der Waals surface area contributed by atoms with E-state index in [-0.39, 0.29) is 5.91 Å². The molecule has 2 aromatic carbocycles. The SMILES string of the molecule is C=C(CCCOc1ccccc1Cl)C(=O)N1N=CCC1c1cc(F)cc(F)c1. The van der Waals surface area contributed by atoms with Crippen molar-refractivity contribution in [3.63, 3.8) is 0 Å². The van der Waals surface area contributed by atoms with Crippen LogP contribution in [0.1, 0.15) is 30.9 Å². The lowest BCUT2D eigenvalue weighted by molar-refractivity contribution is -0.129. The number of para-hydroxylation sites is 1. The van der Waals surface area contributed by atoms with Crippen molar-refractivity contribution in [3.8, 4) is 5.75 Å². The smallest absolute Gasteiger partial charge is 0.269 e. The second-order valence-electron chi connectivity index (χ2n) is 6.39. The van der Waals surface area contributed by atoms with Crippen molar-refractivity contribution in [2.75, 3.05) is 6.61 Å². The lowest BCUT2D eigenvalue weighted by Gasteiger charge is -2.23. The highest BCUT2D eigenvalue weighted by Crippen LogP contribution is 2.31. The van der Waals surface area contributed by atoms with E-state index in [1.165, 1.54) is 17.1 Å². The molecule has 1 aliphatic rings. The minimum Gasteiger partial charge on any atom is -0.492 e. The summed E-state index contributed by atoms with van der Waals surface area (Å²) in [5.74, 6) is -1.17. The summed E-state index contributed by atoms with van der Waals surface area (Å²) in [5.41, 5.74) is 0.710. The minimum atomic E-state index is -0.690. The van der Waals surface area contributed by atoms with Crippen molar-refractivity contribution >= 4 is 23.7 Å². The van der Waals surface area contributed by atoms with E-state index in [1.54, 1.807) is 18.3 Å². The van der Waals surface area contributed by atoms with Crippen molar-refractivity contribution in [2.45, 2.75) is 25.3 Å². The van der Waals surface area contributed by atoms with E-state index in [1.807, 2.05) is 12.1 Å². The van der Waals surface area contributed by atoms with Gasteiger partial charge >= 0.3 is 0 Å². The summed E-state index contributed by atoms with van der Waals surface area (Å²) in [6.07, 6.45) is 2.91.